The SMILES string of the molecule is Cc1cccc(C(=O)NC(C(=O)O)c2ccccc2)c1Br. The van der Waals surface area contributed by atoms with E-state index in [1.807, 2.05) is 13.0 Å². The van der Waals surface area contributed by atoms with Gasteiger partial charge in [0.2, 0.25) is 0 Å². The minimum atomic E-state index is -1.10. The normalized spacial score (nSPS) is 11.7. The molecule has 0 aliphatic rings. The second-order valence-corrected chi connectivity index (χ2v) is 5.38. The van der Waals surface area contributed by atoms with Crippen molar-refractivity contribution >= 4 is 27.8 Å². The molecule has 5 heteroatoms. The van der Waals surface area contributed by atoms with E-state index < -0.39 is 17.9 Å². The maximum Gasteiger partial charge on any atom is 0.330 e. The van der Waals surface area contributed by atoms with E-state index in [2.05, 4.69) is 21.2 Å². The van der Waals surface area contributed by atoms with Gasteiger partial charge in [-0.2, -0.15) is 0 Å². The Morgan fingerprint density at radius 1 is 1.10 bits per heavy atom. The number of amides is 1. The highest BCUT2D eigenvalue weighted by atomic mass is 79.9. The lowest BCUT2D eigenvalue weighted by Crippen LogP contribution is -2.34. The molecule has 0 aliphatic heterocycles. The highest BCUT2D eigenvalue weighted by Gasteiger charge is 2.23. The van der Waals surface area contributed by atoms with E-state index >= 15 is 0 Å². The molecule has 4 nitrogen and oxygen atoms in total. The number of benzene rings is 2. The lowest BCUT2D eigenvalue weighted by atomic mass is 10.1. The van der Waals surface area contributed by atoms with Crippen LogP contribution in [0.2, 0.25) is 0 Å². The largest absolute Gasteiger partial charge is 0.479 e. The van der Waals surface area contributed by atoms with Gasteiger partial charge in [0.1, 0.15) is 0 Å². The molecule has 0 spiro atoms. The molecule has 0 bridgehead atoms. The molecule has 0 aromatic heterocycles. The van der Waals surface area contributed by atoms with Crippen LogP contribution in [0, 0.1) is 6.92 Å². The Kier molecular flexibility index (Phi) is 4.75. The third-order valence-corrected chi connectivity index (χ3v) is 4.14. The van der Waals surface area contributed by atoms with Crippen molar-refractivity contribution in [2.24, 2.45) is 0 Å². The highest BCUT2D eigenvalue weighted by Crippen LogP contribution is 2.22. The molecule has 0 aliphatic carbocycles. The van der Waals surface area contributed by atoms with Gasteiger partial charge in [-0.1, -0.05) is 42.5 Å². The number of carboxylic acids is 1. The summed E-state index contributed by atoms with van der Waals surface area (Å²) in [6.07, 6.45) is 0. The first-order chi connectivity index (χ1) is 10.0. The van der Waals surface area contributed by atoms with Crippen LogP contribution < -0.4 is 5.32 Å². The van der Waals surface area contributed by atoms with Gasteiger partial charge in [-0.05, 0) is 40.0 Å². The van der Waals surface area contributed by atoms with E-state index in [9.17, 15) is 14.7 Å². The zero-order valence-electron chi connectivity index (χ0n) is 11.3. The van der Waals surface area contributed by atoms with Gasteiger partial charge in [-0.15, -0.1) is 0 Å². The molecule has 21 heavy (non-hydrogen) atoms. The Bertz CT molecular complexity index is 670. The van der Waals surface area contributed by atoms with Crippen LogP contribution in [0.3, 0.4) is 0 Å². The predicted octanol–water partition coefficient (Wildman–Crippen LogP) is 3.31. The Morgan fingerprint density at radius 3 is 2.38 bits per heavy atom. The molecule has 0 heterocycles. The number of hydrogen-bond donors (Lipinski definition) is 2. The van der Waals surface area contributed by atoms with Crippen molar-refractivity contribution < 1.29 is 14.7 Å². The molecule has 0 fully saturated rings. The van der Waals surface area contributed by atoms with Crippen LogP contribution in [0.1, 0.15) is 27.5 Å². The fraction of sp³-hybridized carbons (Fsp3) is 0.125. The summed E-state index contributed by atoms with van der Waals surface area (Å²) in [5.41, 5.74) is 1.86. The number of halogens is 1. The second kappa shape index (κ2) is 6.54. The minimum absolute atomic E-state index is 0.414. The monoisotopic (exact) mass is 347 g/mol. The number of aryl methyl sites for hydroxylation is 1. The average Bonchev–Trinajstić information content (AvgIpc) is 2.48. The number of aliphatic carboxylic acids is 1. The van der Waals surface area contributed by atoms with Crippen LogP contribution in [0.4, 0.5) is 0 Å². The summed E-state index contributed by atoms with van der Waals surface area (Å²) in [6, 6.07) is 12.8. The minimum Gasteiger partial charge on any atom is -0.479 e. The number of rotatable bonds is 4. The lowest BCUT2D eigenvalue weighted by Gasteiger charge is -2.16. The standard InChI is InChI=1S/C16H14BrNO3/c1-10-6-5-9-12(13(10)17)15(19)18-14(16(20)21)11-7-3-2-4-8-11/h2-9,14H,1H3,(H,18,19)(H,20,21). The zero-order valence-corrected chi connectivity index (χ0v) is 12.9. The van der Waals surface area contributed by atoms with Crippen LogP contribution >= 0.6 is 15.9 Å². The molecule has 2 N–H and O–H groups in total. The van der Waals surface area contributed by atoms with Gasteiger partial charge < -0.3 is 10.4 Å². The third kappa shape index (κ3) is 3.49. The molecular formula is C16H14BrNO3. The molecule has 1 unspecified atom stereocenters. The van der Waals surface area contributed by atoms with Gasteiger partial charge in [-0.25, -0.2) is 4.79 Å². The number of carbonyl (C=O) groups is 2. The van der Waals surface area contributed by atoms with Crippen molar-refractivity contribution in [3.8, 4) is 0 Å². The summed E-state index contributed by atoms with van der Waals surface area (Å²) < 4.78 is 0.666. The Hall–Kier alpha value is -2.14. The molecular weight excluding hydrogens is 334 g/mol. The smallest absolute Gasteiger partial charge is 0.330 e. The van der Waals surface area contributed by atoms with Gasteiger partial charge in [0.15, 0.2) is 6.04 Å². The zero-order chi connectivity index (χ0) is 15.4. The van der Waals surface area contributed by atoms with E-state index in [4.69, 9.17) is 0 Å². The first-order valence-corrected chi connectivity index (χ1v) is 7.13. The predicted molar refractivity (Wildman–Crippen MR) is 83.2 cm³/mol. The second-order valence-electron chi connectivity index (χ2n) is 4.59. The van der Waals surface area contributed by atoms with Crippen molar-refractivity contribution in [3.05, 3.63) is 69.7 Å². The summed E-state index contributed by atoms with van der Waals surface area (Å²) in [5, 5.41) is 11.9. The van der Waals surface area contributed by atoms with Crippen LogP contribution in [0.25, 0.3) is 0 Å². The number of carboxylic acid groups (broad SMARTS) is 1. The van der Waals surface area contributed by atoms with Crippen molar-refractivity contribution in [2.45, 2.75) is 13.0 Å². The summed E-state index contributed by atoms with van der Waals surface area (Å²) in [6.45, 7) is 1.87. The first kappa shape index (κ1) is 15.3. The van der Waals surface area contributed by atoms with Gasteiger partial charge >= 0.3 is 5.97 Å². The van der Waals surface area contributed by atoms with Crippen molar-refractivity contribution in [1.29, 1.82) is 0 Å². The summed E-state index contributed by atoms with van der Waals surface area (Å²) in [7, 11) is 0. The maximum absolute atomic E-state index is 12.3. The average molecular weight is 348 g/mol. The van der Waals surface area contributed by atoms with Crippen LogP contribution in [-0.4, -0.2) is 17.0 Å². The molecule has 0 saturated carbocycles. The molecule has 2 rings (SSSR count). The molecule has 2 aromatic carbocycles. The fourth-order valence-corrected chi connectivity index (χ4v) is 2.41. The van der Waals surface area contributed by atoms with E-state index in [1.54, 1.807) is 42.5 Å². The molecule has 1 atom stereocenters. The van der Waals surface area contributed by atoms with Gasteiger partial charge in [-0.3, -0.25) is 4.79 Å². The maximum atomic E-state index is 12.3. The topological polar surface area (TPSA) is 66.4 Å². The molecule has 1 amide bonds. The van der Waals surface area contributed by atoms with Crippen LogP contribution in [0.15, 0.2) is 53.0 Å². The molecule has 108 valence electrons. The van der Waals surface area contributed by atoms with Gasteiger partial charge in [0.05, 0.1) is 5.56 Å². The quantitative estimate of drug-likeness (QED) is 0.891. The van der Waals surface area contributed by atoms with Crippen LogP contribution in [-0.2, 0) is 4.79 Å². The molecule has 2 aromatic rings. The van der Waals surface area contributed by atoms with Crippen molar-refractivity contribution in [3.63, 3.8) is 0 Å². The van der Waals surface area contributed by atoms with E-state index in [0.29, 0.717) is 15.6 Å². The Morgan fingerprint density at radius 2 is 1.76 bits per heavy atom. The van der Waals surface area contributed by atoms with Gasteiger partial charge in [0.25, 0.3) is 5.91 Å². The van der Waals surface area contributed by atoms with E-state index in [1.165, 1.54) is 0 Å². The van der Waals surface area contributed by atoms with Gasteiger partial charge in [0, 0.05) is 4.47 Å². The Balaban J connectivity index is 2.28. The van der Waals surface area contributed by atoms with Crippen molar-refractivity contribution in [2.75, 3.05) is 0 Å². The summed E-state index contributed by atoms with van der Waals surface area (Å²) in [5.74, 6) is -1.53. The first-order valence-electron chi connectivity index (χ1n) is 6.34. The summed E-state index contributed by atoms with van der Waals surface area (Å²) >= 11 is 3.36. The number of hydrogen-bond acceptors (Lipinski definition) is 2. The van der Waals surface area contributed by atoms with Crippen molar-refractivity contribution in [1.82, 2.24) is 5.32 Å². The molecule has 0 saturated heterocycles. The number of carbonyl (C=O) groups excluding carboxylic acids is 1. The number of nitrogens with one attached hydrogen (secondary N) is 1. The van der Waals surface area contributed by atoms with E-state index in [0.717, 1.165) is 5.56 Å². The highest BCUT2D eigenvalue weighted by molar-refractivity contribution is 9.10. The van der Waals surface area contributed by atoms with Crippen LogP contribution in [0.5, 0.6) is 0 Å². The fourth-order valence-electron chi connectivity index (χ4n) is 1.96. The summed E-state index contributed by atoms with van der Waals surface area (Å²) in [4.78, 5) is 23.7. The third-order valence-electron chi connectivity index (χ3n) is 3.09. The van der Waals surface area contributed by atoms with E-state index in [-0.39, 0.29) is 0 Å². The lowest BCUT2D eigenvalue weighted by molar-refractivity contribution is -0.139. The molecule has 0 radical (unpaired) electrons. The Labute approximate surface area is 130 Å².